The van der Waals surface area contributed by atoms with E-state index in [4.69, 9.17) is 9.47 Å². The number of rotatable bonds is 4. The van der Waals surface area contributed by atoms with Gasteiger partial charge in [0.25, 0.3) is 0 Å². The fourth-order valence-corrected chi connectivity index (χ4v) is 4.15. The third kappa shape index (κ3) is 4.09. The molecule has 0 spiro atoms. The maximum absolute atomic E-state index is 12.8. The summed E-state index contributed by atoms with van der Waals surface area (Å²) in [7, 11) is 0. The monoisotopic (exact) mass is 411 g/mol. The summed E-state index contributed by atoms with van der Waals surface area (Å²) in [6.45, 7) is 11.2. The van der Waals surface area contributed by atoms with E-state index in [1.165, 1.54) is 6.33 Å². The SMILES string of the molecule is Cc1ncccc1Oc1ncnc(N2C[C@@H]3COC[C@H](C2)N(C(=O)C(C)C)C3)c1C. The van der Waals surface area contributed by atoms with E-state index >= 15 is 0 Å². The largest absolute Gasteiger partial charge is 0.437 e. The van der Waals surface area contributed by atoms with Crippen LogP contribution in [0.25, 0.3) is 0 Å². The van der Waals surface area contributed by atoms with Gasteiger partial charge in [0.15, 0.2) is 5.75 Å². The number of hydrogen-bond donors (Lipinski definition) is 0. The van der Waals surface area contributed by atoms with E-state index < -0.39 is 0 Å². The molecule has 4 rings (SSSR count). The molecule has 8 nitrogen and oxygen atoms in total. The van der Waals surface area contributed by atoms with Gasteiger partial charge >= 0.3 is 0 Å². The van der Waals surface area contributed by atoms with Crippen molar-refractivity contribution in [1.82, 2.24) is 19.9 Å². The van der Waals surface area contributed by atoms with Gasteiger partial charge in [0, 0.05) is 37.7 Å². The van der Waals surface area contributed by atoms with Gasteiger partial charge in [-0.25, -0.2) is 9.97 Å². The molecule has 2 aliphatic rings. The smallest absolute Gasteiger partial charge is 0.227 e. The summed E-state index contributed by atoms with van der Waals surface area (Å²) in [6, 6.07) is 3.73. The van der Waals surface area contributed by atoms with Crippen LogP contribution in [0.3, 0.4) is 0 Å². The van der Waals surface area contributed by atoms with Crippen molar-refractivity contribution in [2.45, 2.75) is 33.7 Å². The molecule has 2 aromatic rings. The molecule has 1 amide bonds. The minimum Gasteiger partial charge on any atom is -0.437 e. The quantitative estimate of drug-likeness (QED) is 0.765. The number of pyridine rings is 1. The van der Waals surface area contributed by atoms with Gasteiger partial charge < -0.3 is 19.3 Å². The summed E-state index contributed by atoms with van der Waals surface area (Å²) in [5, 5.41) is 0. The van der Waals surface area contributed by atoms with Crippen molar-refractivity contribution in [2.24, 2.45) is 11.8 Å². The third-order valence-corrected chi connectivity index (χ3v) is 5.72. The standard InChI is InChI=1S/C22H29N5O3/c1-14(2)22(28)27-9-17-8-26(10-18(27)12-29-11-17)20-15(3)21(25-13-24-20)30-19-6-5-7-23-16(19)4/h5-7,13-14,17-18H,8-12H2,1-4H3/t17-,18-/m0/s1. The number of ether oxygens (including phenoxy) is 2. The summed E-state index contributed by atoms with van der Waals surface area (Å²) >= 11 is 0. The van der Waals surface area contributed by atoms with Gasteiger partial charge in [-0.05, 0) is 26.0 Å². The van der Waals surface area contributed by atoms with Gasteiger partial charge in [-0.1, -0.05) is 13.8 Å². The van der Waals surface area contributed by atoms with Crippen LogP contribution in [0.1, 0.15) is 25.1 Å². The summed E-state index contributed by atoms with van der Waals surface area (Å²) < 4.78 is 11.9. The number of fused-ring (bicyclic) bond motifs is 3. The van der Waals surface area contributed by atoms with Crippen LogP contribution in [0.15, 0.2) is 24.7 Å². The molecule has 0 aliphatic carbocycles. The van der Waals surface area contributed by atoms with Crippen molar-refractivity contribution in [3.63, 3.8) is 0 Å². The molecule has 0 aromatic carbocycles. The Morgan fingerprint density at radius 2 is 2.00 bits per heavy atom. The maximum atomic E-state index is 12.8. The fraction of sp³-hybridized carbons (Fsp3) is 0.545. The van der Waals surface area contributed by atoms with Crippen LogP contribution < -0.4 is 9.64 Å². The second-order valence-corrected chi connectivity index (χ2v) is 8.42. The number of carbonyl (C=O) groups excluding carboxylic acids is 1. The maximum Gasteiger partial charge on any atom is 0.227 e. The highest BCUT2D eigenvalue weighted by atomic mass is 16.5. The zero-order valence-electron chi connectivity index (χ0n) is 18.0. The molecule has 2 aromatic heterocycles. The van der Waals surface area contributed by atoms with E-state index in [1.54, 1.807) is 6.20 Å². The molecule has 2 fully saturated rings. The normalized spacial score (nSPS) is 21.5. The van der Waals surface area contributed by atoms with Crippen molar-refractivity contribution in [2.75, 3.05) is 37.7 Å². The van der Waals surface area contributed by atoms with Crippen LogP contribution in [0.2, 0.25) is 0 Å². The Balaban J connectivity index is 1.61. The molecular weight excluding hydrogens is 382 g/mol. The lowest BCUT2D eigenvalue weighted by molar-refractivity contribution is -0.136. The van der Waals surface area contributed by atoms with Gasteiger partial charge in [0.2, 0.25) is 11.8 Å². The molecule has 0 saturated carbocycles. The van der Waals surface area contributed by atoms with Crippen molar-refractivity contribution in [1.29, 1.82) is 0 Å². The van der Waals surface area contributed by atoms with Crippen molar-refractivity contribution in [3.05, 3.63) is 35.9 Å². The lowest BCUT2D eigenvalue weighted by Crippen LogP contribution is -2.48. The van der Waals surface area contributed by atoms with E-state index in [0.29, 0.717) is 31.4 Å². The van der Waals surface area contributed by atoms with E-state index in [9.17, 15) is 4.79 Å². The van der Waals surface area contributed by atoms with Crippen LogP contribution in [0.5, 0.6) is 11.6 Å². The zero-order valence-corrected chi connectivity index (χ0v) is 18.0. The molecular formula is C22H29N5O3. The topological polar surface area (TPSA) is 80.7 Å². The second-order valence-electron chi connectivity index (χ2n) is 8.42. The number of hydrogen-bond acceptors (Lipinski definition) is 7. The van der Waals surface area contributed by atoms with E-state index in [0.717, 1.165) is 30.2 Å². The van der Waals surface area contributed by atoms with Gasteiger partial charge in [-0.3, -0.25) is 9.78 Å². The van der Waals surface area contributed by atoms with Gasteiger partial charge in [-0.2, -0.15) is 0 Å². The fourth-order valence-electron chi connectivity index (χ4n) is 4.15. The Kier molecular flexibility index (Phi) is 5.85. The van der Waals surface area contributed by atoms with E-state index in [1.807, 2.05) is 44.7 Å². The number of nitrogens with zero attached hydrogens (tertiary/aromatic N) is 5. The molecule has 30 heavy (non-hydrogen) atoms. The van der Waals surface area contributed by atoms with Crippen LogP contribution in [-0.4, -0.2) is 64.6 Å². The average molecular weight is 412 g/mol. The van der Waals surface area contributed by atoms with Crippen molar-refractivity contribution >= 4 is 11.7 Å². The summed E-state index contributed by atoms with van der Waals surface area (Å²) in [5.74, 6) is 2.45. The average Bonchev–Trinajstić information content (AvgIpc) is 3.01. The van der Waals surface area contributed by atoms with E-state index in [2.05, 4.69) is 19.9 Å². The van der Waals surface area contributed by atoms with Gasteiger partial charge in [0.1, 0.15) is 12.1 Å². The molecule has 0 unspecified atom stereocenters. The molecule has 160 valence electrons. The lowest BCUT2D eigenvalue weighted by Gasteiger charge is -2.33. The Morgan fingerprint density at radius 3 is 2.77 bits per heavy atom. The molecule has 2 atom stereocenters. The van der Waals surface area contributed by atoms with Crippen LogP contribution in [0, 0.1) is 25.7 Å². The first kappa shape index (κ1) is 20.5. The summed E-state index contributed by atoms with van der Waals surface area (Å²) in [6.07, 6.45) is 3.28. The molecule has 0 radical (unpaired) electrons. The van der Waals surface area contributed by atoms with Gasteiger partial charge in [-0.15, -0.1) is 0 Å². The number of anilines is 1. The van der Waals surface area contributed by atoms with Crippen molar-refractivity contribution < 1.29 is 14.3 Å². The minimum atomic E-state index is -0.0266. The second kappa shape index (κ2) is 8.55. The number of amides is 1. The van der Waals surface area contributed by atoms with Crippen LogP contribution >= 0.6 is 0 Å². The summed E-state index contributed by atoms with van der Waals surface area (Å²) in [5.41, 5.74) is 1.68. The Morgan fingerprint density at radius 1 is 1.17 bits per heavy atom. The highest BCUT2D eigenvalue weighted by Crippen LogP contribution is 2.31. The number of carbonyl (C=O) groups is 1. The predicted octanol–water partition coefficient (Wildman–Crippen LogP) is 2.60. The van der Waals surface area contributed by atoms with Gasteiger partial charge in [0.05, 0.1) is 30.5 Å². The molecule has 2 bridgehead atoms. The molecule has 0 N–H and O–H groups in total. The Hall–Kier alpha value is -2.74. The molecule has 2 aliphatic heterocycles. The molecule has 8 heteroatoms. The summed E-state index contributed by atoms with van der Waals surface area (Å²) in [4.78, 5) is 30.3. The zero-order chi connectivity index (χ0) is 21.3. The number of aromatic nitrogens is 3. The molecule has 4 heterocycles. The highest BCUT2D eigenvalue weighted by Gasteiger charge is 2.37. The molecule has 2 saturated heterocycles. The predicted molar refractivity (Wildman–Crippen MR) is 113 cm³/mol. The highest BCUT2D eigenvalue weighted by molar-refractivity contribution is 5.78. The third-order valence-electron chi connectivity index (χ3n) is 5.72. The lowest BCUT2D eigenvalue weighted by atomic mass is 10.1. The van der Waals surface area contributed by atoms with Crippen LogP contribution in [-0.2, 0) is 9.53 Å². The van der Waals surface area contributed by atoms with Crippen molar-refractivity contribution in [3.8, 4) is 11.6 Å². The first-order chi connectivity index (χ1) is 14.4. The Labute approximate surface area is 177 Å². The number of aryl methyl sites for hydroxylation is 1. The minimum absolute atomic E-state index is 0.00621. The van der Waals surface area contributed by atoms with E-state index in [-0.39, 0.29) is 23.8 Å². The van der Waals surface area contributed by atoms with Crippen LogP contribution in [0.4, 0.5) is 5.82 Å². The first-order valence-electron chi connectivity index (χ1n) is 10.5. The Bertz CT molecular complexity index is 919. The first-order valence-corrected chi connectivity index (χ1v) is 10.5.